The molecule has 0 radical (unpaired) electrons. The summed E-state index contributed by atoms with van der Waals surface area (Å²) in [4.78, 5) is 7.34. The summed E-state index contributed by atoms with van der Waals surface area (Å²) in [5, 5.41) is 1.97. The Morgan fingerprint density at radius 2 is 2.26 bits per heavy atom. The van der Waals surface area contributed by atoms with E-state index in [9.17, 15) is 8.42 Å². The van der Waals surface area contributed by atoms with Crippen molar-refractivity contribution in [2.45, 2.75) is 6.42 Å². The third-order valence-electron chi connectivity index (χ3n) is 2.88. The fraction of sp³-hybridized carbons (Fsp3) is 0.545. The van der Waals surface area contributed by atoms with Crippen molar-refractivity contribution < 1.29 is 8.42 Å². The van der Waals surface area contributed by atoms with Gasteiger partial charge in [0.1, 0.15) is 9.84 Å². The molecule has 8 heteroatoms. The molecule has 2 rings (SSSR count). The van der Waals surface area contributed by atoms with Gasteiger partial charge in [-0.1, -0.05) is 0 Å². The van der Waals surface area contributed by atoms with Crippen molar-refractivity contribution in [3.63, 3.8) is 0 Å². The van der Waals surface area contributed by atoms with Gasteiger partial charge in [0.2, 0.25) is 0 Å². The van der Waals surface area contributed by atoms with E-state index in [2.05, 4.69) is 4.98 Å². The predicted octanol–water partition coefficient (Wildman–Crippen LogP) is 0.378. The maximum atomic E-state index is 11.2. The highest BCUT2D eigenvalue weighted by molar-refractivity contribution is 7.90. The van der Waals surface area contributed by atoms with Crippen molar-refractivity contribution in [3.05, 3.63) is 17.3 Å². The Labute approximate surface area is 116 Å². The van der Waals surface area contributed by atoms with Crippen LogP contribution in [0.5, 0.6) is 0 Å². The van der Waals surface area contributed by atoms with E-state index in [4.69, 9.17) is 5.73 Å². The first-order chi connectivity index (χ1) is 8.92. The Morgan fingerprint density at radius 3 is 2.89 bits per heavy atom. The lowest BCUT2D eigenvalue weighted by molar-refractivity contribution is 0.601. The second kappa shape index (κ2) is 5.48. The number of anilines is 1. The molecule has 0 unspecified atom stereocenters. The molecule has 0 aliphatic rings. The van der Waals surface area contributed by atoms with Gasteiger partial charge in [-0.2, -0.15) is 0 Å². The van der Waals surface area contributed by atoms with Crippen LogP contribution in [-0.4, -0.2) is 49.9 Å². The highest BCUT2D eigenvalue weighted by Gasteiger charge is 2.16. The molecule has 0 saturated heterocycles. The lowest BCUT2D eigenvalue weighted by Gasteiger charge is -2.17. The summed E-state index contributed by atoms with van der Waals surface area (Å²) in [6, 6.07) is 0. The number of nitrogens with zero attached hydrogens (tertiary/aromatic N) is 3. The molecule has 6 nitrogen and oxygen atoms in total. The van der Waals surface area contributed by atoms with Crippen LogP contribution in [0.4, 0.5) is 5.82 Å². The van der Waals surface area contributed by atoms with Crippen LogP contribution in [0.2, 0.25) is 0 Å². The average molecular weight is 302 g/mol. The summed E-state index contributed by atoms with van der Waals surface area (Å²) in [5.41, 5.74) is 6.68. The smallest absolute Gasteiger partial charge is 0.195 e. The number of aromatic nitrogens is 2. The first-order valence-electron chi connectivity index (χ1n) is 5.95. The summed E-state index contributed by atoms with van der Waals surface area (Å²) < 4.78 is 24.5. The van der Waals surface area contributed by atoms with Crippen LogP contribution in [0.15, 0.2) is 11.6 Å². The number of fused-ring (bicyclic) bond motifs is 1. The maximum absolute atomic E-state index is 11.2. The lowest BCUT2D eigenvalue weighted by atomic mass is 10.3. The number of nitrogens with two attached hydrogens (primary N) is 1. The van der Waals surface area contributed by atoms with E-state index in [1.807, 2.05) is 27.9 Å². The summed E-state index contributed by atoms with van der Waals surface area (Å²) in [6.07, 6.45) is 3.93. The van der Waals surface area contributed by atoms with Gasteiger partial charge in [0.05, 0.1) is 11.4 Å². The second-order valence-electron chi connectivity index (χ2n) is 4.53. The van der Waals surface area contributed by atoms with Gasteiger partial charge in [-0.3, -0.25) is 4.40 Å². The molecule has 0 aliphatic carbocycles. The molecule has 0 saturated carbocycles. The zero-order valence-electron chi connectivity index (χ0n) is 11.0. The van der Waals surface area contributed by atoms with Crippen LogP contribution in [0.25, 0.3) is 4.96 Å². The minimum atomic E-state index is -2.97. The van der Waals surface area contributed by atoms with E-state index < -0.39 is 9.84 Å². The van der Waals surface area contributed by atoms with Crippen LogP contribution in [0, 0.1) is 0 Å². The Hall–Kier alpha value is -1.12. The molecule has 0 atom stereocenters. The zero-order chi connectivity index (χ0) is 14.0. The largest absolute Gasteiger partial charge is 0.357 e. The molecule has 2 heterocycles. The molecule has 2 aromatic heterocycles. The number of hydrogen-bond donors (Lipinski definition) is 1. The van der Waals surface area contributed by atoms with Crippen LogP contribution in [0.3, 0.4) is 0 Å². The Kier molecular flexibility index (Phi) is 4.12. The molecule has 0 fully saturated rings. The van der Waals surface area contributed by atoms with Crippen LogP contribution < -0.4 is 10.6 Å². The topological polar surface area (TPSA) is 80.7 Å². The Morgan fingerprint density at radius 1 is 1.53 bits per heavy atom. The van der Waals surface area contributed by atoms with Crippen molar-refractivity contribution in [1.29, 1.82) is 0 Å². The molecule has 0 amide bonds. The SMILES string of the molecule is CN(CCS(C)(=O)=O)c1nc2sccn2c1CCN. The van der Waals surface area contributed by atoms with Gasteiger partial charge in [-0.05, 0) is 6.54 Å². The summed E-state index contributed by atoms with van der Waals surface area (Å²) in [5.74, 6) is 0.942. The minimum Gasteiger partial charge on any atom is -0.357 e. The summed E-state index contributed by atoms with van der Waals surface area (Å²) in [7, 11) is -1.11. The molecule has 2 N–H and O–H groups in total. The number of hydrogen-bond acceptors (Lipinski definition) is 6. The highest BCUT2D eigenvalue weighted by Crippen LogP contribution is 2.24. The van der Waals surface area contributed by atoms with E-state index in [1.54, 1.807) is 11.3 Å². The monoisotopic (exact) mass is 302 g/mol. The van der Waals surface area contributed by atoms with Crippen LogP contribution in [0.1, 0.15) is 5.69 Å². The van der Waals surface area contributed by atoms with Gasteiger partial charge in [0.25, 0.3) is 0 Å². The summed E-state index contributed by atoms with van der Waals surface area (Å²) >= 11 is 1.56. The third-order valence-corrected chi connectivity index (χ3v) is 4.56. The highest BCUT2D eigenvalue weighted by atomic mass is 32.2. The van der Waals surface area contributed by atoms with Crippen molar-refractivity contribution in [2.24, 2.45) is 5.73 Å². The quantitative estimate of drug-likeness (QED) is 0.834. The number of imidazole rings is 1. The van der Waals surface area contributed by atoms with Gasteiger partial charge in [-0.15, -0.1) is 11.3 Å². The fourth-order valence-electron chi connectivity index (χ4n) is 1.90. The summed E-state index contributed by atoms with van der Waals surface area (Å²) in [6.45, 7) is 0.970. The molecule has 2 aromatic rings. The van der Waals surface area contributed by atoms with Crippen molar-refractivity contribution >= 4 is 32.0 Å². The Bertz CT molecular complexity index is 659. The number of rotatable bonds is 6. The van der Waals surface area contributed by atoms with Crippen LogP contribution >= 0.6 is 11.3 Å². The molecular formula is C11H18N4O2S2. The van der Waals surface area contributed by atoms with Crippen molar-refractivity contribution in [3.8, 4) is 0 Å². The fourth-order valence-corrected chi connectivity index (χ4v) is 3.24. The van der Waals surface area contributed by atoms with Gasteiger partial charge in [0, 0.05) is 37.8 Å². The normalized spacial score (nSPS) is 12.2. The predicted molar refractivity (Wildman–Crippen MR) is 78.8 cm³/mol. The van der Waals surface area contributed by atoms with E-state index in [-0.39, 0.29) is 5.75 Å². The van der Waals surface area contributed by atoms with E-state index in [0.717, 1.165) is 22.9 Å². The van der Waals surface area contributed by atoms with E-state index in [0.29, 0.717) is 13.1 Å². The Balaban J connectivity index is 2.27. The number of thiazole rings is 1. The zero-order valence-corrected chi connectivity index (χ0v) is 12.7. The van der Waals surface area contributed by atoms with Gasteiger partial charge in [-0.25, -0.2) is 13.4 Å². The van der Waals surface area contributed by atoms with Gasteiger partial charge >= 0.3 is 0 Å². The molecule has 19 heavy (non-hydrogen) atoms. The molecule has 0 spiro atoms. The van der Waals surface area contributed by atoms with Crippen molar-refractivity contribution in [2.75, 3.05) is 37.0 Å². The lowest BCUT2D eigenvalue weighted by Crippen LogP contribution is -2.26. The van der Waals surface area contributed by atoms with Gasteiger partial charge < -0.3 is 10.6 Å². The van der Waals surface area contributed by atoms with E-state index >= 15 is 0 Å². The molecule has 0 aromatic carbocycles. The third kappa shape index (κ3) is 3.26. The first kappa shape index (κ1) is 14.3. The molecule has 0 bridgehead atoms. The standard InChI is InChI=1S/C11H18N4O2S2/c1-14(6-8-19(2,16)17)10-9(3-4-12)15-5-7-18-11(15)13-10/h5,7H,3-4,6,8,12H2,1-2H3. The minimum absolute atomic E-state index is 0.122. The van der Waals surface area contributed by atoms with Crippen LogP contribution in [-0.2, 0) is 16.3 Å². The molecule has 0 aliphatic heterocycles. The number of sulfone groups is 1. The maximum Gasteiger partial charge on any atom is 0.195 e. The average Bonchev–Trinajstić information content (AvgIpc) is 2.88. The molecule has 106 valence electrons. The first-order valence-corrected chi connectivity index (χ1v) is 8.90. The van der Waals surface area contributed by atoms with Crippen molar-refractivity contribution in [1.82, 2.24) is 9.38 Å². The van der Waals surface area contributed by atoms with E-state index in [1.165, 1.54) is 6.26 Å². The second-order valence-corrected chi connectivity index (χ2v) is 7.66. The molecular weight excluding hydrogens is 284 g/mol. The van der Waals surface area contributed by atoms with Gasteiger partial charge in [0.15, 0.2) is 10.8 Å².